The second kappa shape index (κ2) is 4.65. The molecule has 17 heavy (non-hydrogen) atoms. The highest BCUT2D eigenvalue weighted by molar-refractivity contribution is 6.03. The number of nitrogens with zero attached hydrogens (tertiary/aromatic N) is 1. The SMILES string of the molecule is CCC(C)N1CC(=O)Nc2c(OC)cccc21. The number of fused-ring (bicyclic) bond motifs is 1. The Kier molecular flexibility index (Phi) is 3.22. The molecule has 1 aromatic rings. The molecule has 2 rings (SSSR count). The molecule has 4 heteroatoms. The van der Waals surface area contributed by atoms with E-state index in [1.165, 1.54) is 0 Å². The molecule has 1 unspecified atom stereocenters. The normalized spacial score (nSPS) is 16.2. The van der Waals surface area contributed by atoms with Gasteiger partial charge in [0.25, 0.3) is 0 Å². The van der Waals surface area contributed by atoms with Crippen LogP contribution in [0.1, 0.15) is 20.3 Å². The molecule has 0 radical (unpaired) electrons. The Labute approximate surface area is 102 Å². The highest BCUT2D eigenvalue weighted by atomic mass is 16.5. The lowest BCUT2D eigenvalue weighted by molar-refractivity contribution is -0.115. The number of anilines is 2. The third-order valence-electron chi connectivity index (χ3n) is 3.23. The van der Waals surface area contributed by atoms with Crippen LogP contribution in [0.4, 0.5) is 11.4 Å². The maximum Gasteiger partial charge on any atom is 0.244 e. The first kappa shape index (κ1) is 11.8. The fourth-order valence-electron chi connectivity index (χ4n) is 2.09. The molecule has 1 heterocycles. The molecule has 1 aliphatic heterocycles. The fourth-order valence-corrected chi connectivity index (χ4v) is 2.09. The van der Waals surface area contributed by atoms with Gasteiger partial charge in [-0.15, -0.1) is 0 Å². The zero-order chi connectivity index (χ0) is 12.4. The molecule has 4 nitrogen and oxygen atoms in total. The minimum Gasteiger partial charge on any atom is -0.494 e. The van der Waals surface area contributed by atoms with Gasteiger partial charge in [0.15, 0.2) is 0 Å². The summed E-state index contributed by atoms with van der Waals surface area (Å²) in [4.78, 5) is 13.8. The molecule has 0 saturated heterocycles. The summed E-state index contributed by atoms with van der Waals surface area (Å²) in [6.45, 7) is 4.66. The smallest absolute Gasteiger partial charge is 0.244 e. The molecule has 1 N–H and O–H groups in total. The average molecular weight is 234 g/mol. The van der Waals surface area contributed by atoms with Crippen molar-refractivity contribution in [3.8, 4) is 5.75 Å². The Bertz CT molecular complexity index is 431. The fraction of sp³-hybridized carbons (Fsp3) is 0.462. The van der Waals surface area contributed by atoms with Gasteiger partial charge in [0.2, 0.25) is 5.91 Å². The largest absolute Gasteiger partial charge is 0.494 e. The number of hydrogen-bond donors (Lipinski definition) is 1. The van der Waals surface area contributed by atoms with Gasteiger partial charge in [0.05, 0.1) is 19.3 Å². The molecule has 1 amide bonds. The molecule has 0 spiro atoms. The third kappa shape index (κ3) is 2.07. The van der Waals surface area contributed by atoms with Gasteiger partial charge >= 0.3 is 0 Å². The highest BCUT2D eigenvalue weighted by Gasteiger charge is 2.26. The first-order valence-corrected chi connectivity index (χ1v) is 5.90. The number of carbonyl (C=O) groups is 1. The van der Waals surface area contributed by atoms with E-state index in [1.807, 2.05) is 18.2 Å². The van der Waals surface area contributed by atoms with Crippen LogP contribution in [0.3, 0.4) is 0 Å². The number of carbonyl (C=O) groups excluding carboxylic acids is 1. The van der Waals surface area contributed by atoms with Crippen molar-refractivity contribution in [3.63, 3.8) is 0 Å². The molecule has 0 bridgehead atoms. The average Bonchev–Trinajstić information content (AvgIpc) is 2.36. The van der Waals surface area contributed by atoms with Crippen LogP contribution in [-0.4, -0.2) is 25.6 Å². The van der Waals surface area contributed by atoms with Crippen molar-refractivity contribution in [2.45, 2.75) is 26.3 Å². The minimum atomic E-state index is 0.0160. The number of para-hydroxylation sites is 1. The molecule has 0 saturated carbocycles. The summed E-state index contributed by atoms with van der Waals surface area (Å²) in [5.74, 6) is 0.728. The predicted molar refractivity (Wildman–Crippen MR) is 68.7 cm³/mol. The molecular formula is C13H18N2O2. The van der Waals surface area contributed by atoms with Crippen LogP contribution in [0.2, 0.25) is 0 Å². The first-order valence-electron chi connectivity index (χ1n) is 5.90. The van der Waals surface area contributed by atoms with Gasteiger partial charge < -0.3 is 15.0 Å². The quantitative estimate of drug-likeness (QED) is 0.872. The Balaban J connectivity index is 2.46. The Hall–Kier alpha value is -1.71. The summed E-state index contributed by atoms with van der Waals surface area (Å²) in [5, 5.41) is 2.88. The number of amides is 1. The minimum absolute atomic E-state index is 0.0160. The standard InChI is InChI=1S/C13H18N2O2/c1-4-9(2)15-8-12(16)14-13-10(15)6-5-7-11(13)17-3/h5-7,9H,4,8H2,1-3H3,(H,14,16). The number of ether oxygens (including phenoxy) is 1. The monoisotopic (exact) mass is 234 g/mol. The van der Waals surface area contributed by atoms with Crippen molar-refractivity contribution in [1.82, 2.24) is 0 Å². The van der Waals surface area contributed by atoms with Crippen LogP contribution in [0, 0.1) is 0 Å². The third-order valence-corrected chi connectivity index (χ3v) is 3.23. The lowest BCUT2D eigenvalue weighted by atomic mass is 10.1. The zero-order valence-corrected chi connectivity index (χ0v) is 10.5. The van der Waals surface area contributed by atoms with E-state index in [2.05, 4.69) is 24.1 Å². The summed E-state index contributed by atoms with van der Waals surface area (Å²) in [5.41, 5.74) is 1.82. The molecule has 1 aromatic carbocycles. The molecule has 92 valence electrons. The topological polar surface area (TPSA) is 41.6 Å². The van der Waals surface area contributed by atoms with E-state index < -0.39 is 0 Å². The number of methoxy groups -OCH3 is 1. The van der Waals surface area contributed by atoms with Crippen LogP contribution in [0.15, 0.2) is 18.2 Å². The maximum absolute atomic E-state index is 11.7. The highest BCUT2D eigenvalue weighted by Crippen LogP contribution is 2.38. The van der Waals surface area contributed by atoms with Crippen LogP contribution in [0.25, 0.3) is 0 Å². The Morgan fingerprint density at radius 1 is 1.53 bits per heavy atom. The molecule has 1 atom stereocenters. The van der Waals surface area contributed by atoms with Crippen LogP contribution >= 0.6 is 0 Å². The Morgan fingerprint density at radius 2 is 2.29 bits per heavy atom. The van der Waals surface area contributed by atoms with Gasteiger partial charge in [-0.05, 0) is 25.5 Å². The Morgan fingerprint density at radius 3 is 2.94 bits per heavy atom. The van der Waals surface area contributed by atoms with Gasteiger partial charge in [0, 0.05) is 6.04 Å². The predicted octanol–water partition coefficient (Wildman–Crippen LogP) is 2.25. The van der Waals surface area contributed by atoms with Gasteiger partial charge in [-0.2, -0.15) is 0 Å². The molecule has 0 fully saturated rings. The van der Waals surface area contributed by atoms with Gasteiger partial charge in [-0.3, -0.25) is 4.79 Å². The first-order chi connectivity index (χ1) is 8.17. The number of benzene rings is 1. The van der Waals surface area contributed by atoms with E-state index in [9.17, 15) is 4.79 Å². The summed E-state index contributed by atoms with van der Waals surface area (Å²) in [6.07, 6.45) is 1.00. The van der Waals surface area contributed by atoms with Crippen LogP contribution in [0.5, 0.6) is 5.75 Å². The van der Waals surface area contributed by atoms with Crippen molar-refractivity contribution in [2.75, 3.05) is 23.9 Å². The number of nitrogens with one attached hydrogen (secondary N) is 1. The van der Waals surface area contributed by atoms with Gasteiger partial charge in [0.1, 0.15) is 11.4 Å². The van der Waals surface area contributed by atoms with Crippen molar-refractivity contribution in [2.24, 2.45) is 0 Å². The number of hydrogen-bond acceptors (Lipinski definition) is 3. The number of rotatable bonds is 3. The molecule has 0 aliphatic carbocycles. The molecule has 0 aromatic heterocycles. The van der Waals surface area contributed by atoms with E-state index in [0.717, 1.165) is 17.8 Å². The lowest BCUT2D eigenvalue weighted by Gasteiger charge is -2.35. The zero-order valence-electron chi connectivity index (χ0n) is 10.5. The summed E-state index contributed by atoms with van der Waals surface area (Å²) < 4.78 is 5.28. The van der Waals surface area contributed by atoms with E-state index in [4.69, 9.17) is 4.74 Å². The van der Waals surface area contributed by atoms with Crippen LogP contribution in [-0.2, 0) is 4.79 Å². The second-order valence-corrected chi connectivity index (χ2v) is 4.29. The van der Waals surface area contributed by atoms with Crippen molar-refractivity contribution in [3.05, 3.63) is 18.2 Å². The second-order valence-electron chi connectivity index (χ2n) is 4.29. The maximum atomic E-state index is 11.7. The van der Waals surface area contributed by atoms with E-state index in [0.29, 0.717) is 18.3 Å². The van der Waals surface area contributed by atoms with Crippen molar-refractivity contribution >= 4 is 17.3 Å². The van der Waals surface area contributed by atoms with Crippen LogP contribution < -0.4 is 15.0 Å². The van der Waals surface area contributed by atoms with Crippen molar-refractivity contribution in [1.29, 1.82) is 0 Å². The summed E-state index contributed by atoms with van der Waals surface area (Å²) in [6, 6.07) is 6.17. The van der Waals surface area contributed by atoms with E-state index >= 15 is 0 Å². The molecule has 1 aliphatic rings. The summed E-state index contributed by atoms with van der Waals surface area (Å²) in [7, 11) is 1.62. The lowest BCUT2D eigenvalue weighted by Crippen LogP contribution is -2.43. The van der Waals surface area contributed by atoms with E-state index in [1.54, 1.807) is 7.11 Å². The van der Waals surface area contributed by atoms with E-state index in [-0.39, 0.29) is 5.91 Å². The van der Waals surface area contributed by atoms with Gasteiger partial charge in [-0.1, -0.05) is 13.0 Å². The molecular weight excluding hydrogens is 216 g/mol. The van der Waals surface area contributed by atoms with Crippen molar-refractivity contribution < 1.29 is 9.53 Å². The summed E-state index contributed by atoms with van der Waals surface area (Å²) >= 11 is 0. The van der Waals surface area contributed by atoms with Gasteiger partial charge in [-0.25, -0.2) is 0 Å².